The Balaban J connectivity index is 1.83. The van der Waals surface area contributed by atoms with Gasteiger partial charge in [-0.15, -0.1) is 0 Å². The highest BCUT2D eigenvalue weighted by Gasteiger charge is 2.31. The number of pyridine rings is 1. The first-order chi connectivity index (χ1) is 12.6. The van der Waals surface area contributed by atoms with Crippen molar-refractivity contribution in [2.24, 2.45) is 0 Å². The van der Waals surface area contributed by atoms with Crippen molar-refractivity contribution in [2.45, 2.75) is 6.42 Å². The van der Waals surface area contributed by atoms with Gasteiger partial charge in [-0.25, -0.2) is 4.98 Å². The van der Waals surface area contributed by atoms with Crippen molar-refractivity contribution in [1.29, 1.82) is 0 Å². The third-order valence-electron chi connectivity index (χ3n) is 4.60. The minimum atomic E-state index is -0.197. The number of ether oxygens (including phenoxy) is 2. The third-order valence-corrected chi connectivity index (χ3v) is 4.90. The highest BCUT2D eigenvalue weighted by atomic mass is 35.5. The van der Waals surface area contributed by atoms with Crippen molar-refractivity contribution in [1.82, 2.24) is 4.98 Å². The number of aromatic nitrogens is 1. The molecule has 1 aliphatic rings. The van der Waals surface area contributed by atoms with Gasteiger partial charge in [0.05, 0.1) is 24.8 Å². The van der Waals surface area contributed by atoms with E-state index in [2.05, 4.69) is 11.1 Å². The van der Waals surface area contributed by atoms with E-state index in [0.29, 0.717) is 40.0 Å². The Hall–Kier alpha value is -2.79. The normalized spacial score (nSPS) is 13.0. The molecular weight excluding hydrogens is 352 g/mol. The molecule has 1 amide bonds. The van der Waals surface area contributed by atoms with E-state index < -0.39 is 0 Å². The average Bonchev–Trinajstić information content (AvgIpc) is 3.08. The maximum Gasteiger partial charge on any atom is 0.267 e. The summed E-state index contributed by atoms with van der Waals surface area (Å²) in [4.78, 5) is 19.6. The highest BCUT2D eigenvalue weighted by molar-refractivity contribution is 6.35. The van der Waals surface area contributed by atoms with Crippen molar-refractivity contribution < 1.29 is 14.3 Å². The summed E-state index contributed by atoms with van der Waals surface area (Å²) in [6.45, 7) is 0.552. The first-order valence-corrected chi connectivity index (χ1v) is 8.63. The lowest BCUT2D eigenvalue weighted by Crippen LogP contribution is -2.30. The van der Waals surface area contributed by atoms with Gasteiger partial charge in [0.15, 0.2) is 0 Å². The molecule has 6 heteroatoms. The van der Waals surface area contributed by atoms with Crippen molar-refractivity contribution in [2.75, 3.05) is 25.7 Å². The minimum Gasteiger partial charge on any atom is -0.496 e. The van der Waals surface area contributed by atoms with Crippen LogP contribution >= 0.6 is 11.6 Å². The monoisotopic (exact) mass is 368 g/mol. The van der Waals surface area contributed by atoms with Crippen LogP contribution in [0.3, 0.4) is 0 Å². The number of fused-ring (bicyclic) bond motifs is 2. The standard InChI is InChI=1S/C20H17ClN2O3/c1-25-15-7-4-8-16(26-2)17(15)20(24)23-10-9-13-11-12-5-3-6-14(21)18(12)22-19(13)23/h3-8,11H,9-10H2,1-2H3. The fraction of sp³-hybridized carbons (Fsp3) is 0.200. The van der Waals surface area contributed by atoms with Gasteiger partial charge in [-0.3, -0.25) is 9.69 Å². The van der Waals surface area contributed by atoms with Crippen LogP contribution in [-0.4, -0.2) is 31.7 Å². The molecular formula is C20H17ClN2O3. The maximum atomic E-state index is 13.3. The predicted molar refractivity (Wildman–Crippen MR) is 102 cm³/mol. The van der Waals surface area contributed by atoms with Crippen LogP contribution in [0.5, 0.6) is 11.5 Å². The number of para-hydroxylation sites is 1. The van der Waals surface area contributed by atoms with Crippen molar-refractivity contribution in [3.63, 3.8) is 0 Å². The van der Waals surface area contributed by atoms with E-state index in [1.54, 1.807) is 29.2 Å². The molecule has 26 heavy (non-hydrogen) atoms. The van der Waals surface area contributed by atoms with Crippen LogP contribution in [0.2, 0.25) is 5.02 Å². The fourth-order valence-corrected chi connectivity index (χ4v) is 3.57. The summed E-state index contributed by atoms with van der Waals surface area (Å²) in [7, 11) is 3.07. The average molecular weight is 369 g/mol. The molecule has 0 bridgehead atoms. The van der Waals surface area contributed by atoms with E-state index in [4.69, 9.17) is 21.1 Å². The maximum absolute atomic E-state index is 13.3. The number of nitrogens with zero attached hydrogens (tertiary/aromatic N) is 2. The van der Waals surface area contributed by atoms with Crippen LogP contribution in [0.25, 0.3) is 10.9 Å². The SMILES string of the molecule is COc1cccc(OC)c1C(=O)N1CCc2cc3cccc(Cl)c3nc21. The van der Waals surface area contributed by atoms with Gasteiger partial charge in [-0.1, -0.05) is 29.8 Å². The molecule has 0 saturated heterocycles. The Bertz CT molecular complexity index is 997. The van der Waals surface area contributed by atoms with Crippen LogP contribution in [0.4, 0.5) is 5.82 Å². The highest BCUT2D eigenvalue weighted by Crippen LogP contribution is 2.36. The van der Waals surface area contributed by atoms with Crippen molar-refractivity contribution >= 4 is 34.2 Å². The second kappa shape index (κ2) is 6.50. The number of amides is 1. The lowest BCUT2D eigenvalue weighted by atomic mass is 10.1. The summed E-state index contributed by atoms with van der Waals surface area (Å²) in [6, 6.07) is 13.0. The third kappa shape index (κ3) is 2.56. The fourth-order valence-electron chi connectivity index (χ4n) is 3.35. The van der Waals surface area contributed by atoms with E-state index in [1.165, 1.54) is 14.2 Å². The Labute approximate surface area is 156 Å². The van der Waals surface area contributed by atoms with Crippen molar-refractivity contribution in [3.8, 4) is 11.5 Å². The number of methoxy groups -OCH3 is 2. The van der Waals surface area contributed by atoms with Gasteiger partial charge in [0, 0.05) is 11.9 Å². The zero-order valence-electron chi connectivity index (χ0n) is 14.5. The second-order valence-electron chi connectivity index (χ2n) is 6.03. The topological polar surface area (TPSA) is 51.7 Å². The van der Waals surface area contributed by atoms with E-state index in [1.807, 2.05) is 12.1 Å². The number of carbonyl (C=O) groups is 1. The lowest BCUT2D eigenvalue weighted by molar-refractivity contribution is 0.0982. The predicted octanol–water partition coefficient (Wildman–Crippen LogP) is 4.11. The summed E-state index contributed by atoms with van der Waals surface area (Å²) >= 11 is 6.29. The molecule has 2 heterocycles. The number of carbonyl (C=O) groups excluding carboxylic acids is 1. The van der Waals surface area contributed by atoms with Crippen LogP contribution in [0, 0.1) is 0 Å². The molecule has 0 N–H and O–H groups in total. The van der Waals surface area contributed by atoms with Gasteiger partial charge < -0.3 is 9.47 Å². The lowest BCUT2D eigenvalue weighted by Gasteiger charge is -2.20. The Morgan fingerprint density at radius 1 is 1.12 bits per heavy atom. The summed E-state index contributed by atoms with van der Waals surface area (Å²) in [5, 5.41) is 1.54. The van der Waals surface area contributed by atoms with Gasteiger partial charge in [0.1, 0.15) is 22.9 Å². The Morgan fingerprint density at radius 3 is 2.50 bits per heavy atom. The Kier molecular flexibility index (Phi) is 4.17. The van der Waals surface area contributed by atoms with E-state index in [9.17, 15) is 4.79 Å². The van der Waals surface area contributed by atoms with Crippen molar-refractivity contribution in [3.05, 3.63) is 58.6 Å². The number of hydrogen-bond donors (Lipinski definition) is 0. The van der Waals surface area contributed by atoms with Crippen LogP contribution < -0.4 is 14.4 Å². The number of rotatable bonds is 3. The summed E-state index contributed by atoms with van der Waals surface area (Å²) in [5.41, 5.74) is 2.12. The zero-order valence-corrected chi connectivity index (χ0v) is 15.2. The first-order valence-electron chi connectivity index (χ1n) is 8.25. The first kappa shape index (κ1) is 16.7. The van der Waals surface area contributed by atoms with E-state index >= 15 is 0 Å². The summed E-state index contributed by atoms with van der Waals surface area (Å²) in [6.07, 6.45) is 0.744. The Morgan fingerprint density at radius 2 is 1.81 bits per heavy atom. The van der Waals surface area contributed by atoms with Gasteiger partial charge in [-0.05, 0) is 36.2 Å². The molecule has 3 aromatic rings. The number of benzene rings is 2. The van der Waals surface area contributed by atoms with Crippen LogP contribution in [0.15, 0.2) is 42.5 Å². The number of anilines is 1. The van der Waals surface area contributed by atoms with Gasteiger partial charge in [0.25, 0.3) is 5.91 Å². The molecule has 1 aliphatic heterocycles. The zero-order chi connectivity index (χ0) is 18.3. The quantitative estimate of drug-likeness (QED) is 0.698. The second-order valence-corrected chi connectivity index (χ2v) is 6.43. The molecule has 5 nitrogen and oxygen atoms in total. The molecule has 1 aromatic heterocycles. The minimum absolute atomic E-state index is 0.197. The van der Waals surface area contributed by atoms with Gasteiger partial charge in [-0.2, -0.15) is 0 Å². The molecule has 0 radical (unpaired) electrons. The molecule has 0 fully saturated rings. The molecule has 0 atom stereocenters. The molecule has 0 spiro atoms. The van der Waals surface area contributed by atoms with Gasteiger partial charge in [0.2, 0.25) is 0 Å². The largest absolute Gasteiger partial charge is 0.496 e. The van der Waals surface area contributed by atoms with Crippen LogP contribution in [0.1, 0.15) is 15.9 Å². The smallest absolute Gasteiger partial charge is 0.267 e. The molecule has 0 aliphatic carbocycles. The molecule has 4 rings (SSSR count). The number of hydrogen-bond acceptors (Lipinski definition) is 4. The molecule has 0 unspecified atom stereocenters. The molecule has 2 aromatic carbocycles. The van der Waals surface area contributed by atoms with E-state index in [-0.39, 0.29) is 5.91 Å². The van der Waals surface area contributed by atoms with Crippen LogP contribution in [-0.2, 0) is 6.42 Å². The summed E-state index contributed by atoms with van der Waals surface area (Å²) in [5.74, 6) is 1.39. The van der Waals surface area contributed by atoms with E-state index in [0.717, 1.165) is 17.4 Å². The van der Waals surface area contributed by atoms with Gasteiger partial charge >= 0.3 is 0 Å². The number of halogens is 1. The molecule has 132 valence electrons. The summed E-state index contributed by atoms with van der Waals surface area (Å²) < 4.78 is 10.8. The molecule has 0 saturated carbocycles.